The van der Waals surface area contributed by atoms with Gasteiger partial charge in [0.05, 0.1) is 19.1 Å². The van der Waals surface area contributed by atoms with Crippen molar-refractivity contribution in [3.05, 3.63) is 16.5 Å². The molecule has 94 valence electrons. The summed E-state index contributed by atoms with van der Waals surface area (Å²) in [5, 5.41) is 8.74. The smallest absolute Gasteiger partial charge is 0.306 e. The monoisotopic (exact) mass is 296 g/mol. The lowest BCUT2D eigenvalue weighted by Crippen LogP contribution is -2.17. The lowest BCUT2D eigenvalue weighted by Gasteiger charge is -2.21. The summed E-state index contributed by atoms with van der Waals surface area (Å²) in [6.45, 7) is 0.396. The van der Waals surface area contributed by atoms with Gasteiger partial charge in [-0.2, -0.15) is 0 Å². The number of carboxylic acids is 1. The van der Waals surface area contributed by atoms with Crippen molar-refractivity contribution < 1.29 is 23.1 Å². The number of hydrogen-bond acceptors (Lipinski definition) is 5. The lowest BCUT2D eigenvalue weighted by molar-refractivity contribution is -0.140. The highest BCUT2D eigenvalue weighted by atomic mass is 35.7. The molecule has 0 aliphatic carbocycles. The van der Waals surface area contributed by atoms with Crippen molar-refractivity contribution in [2.75, 3.05) is 6.61 Å². The molecule has 5 nitrogen and oxygen atoms in total. The number of thiophene rings is 1. The van der Waals surface area contributed by atoms with E-state index in [9.17, 15) is 13.2 Å². The maximum absolute atomic E-state index is 11.2. The molecule has 0 bridgehead atoms. The molecule has 0 unspecified atom stereocenters. The minimum absolute atomic E-state index is 0.0463. The van der Waals surface area contributed by atoms with Gasteiger partial charge < -0.3 is 9.84 Å². The maximum atomic E-state index is 11.2. The third-order valence-electron chi connectivity index (χ3n) is 2.41. The largest absolute Gasteiger partial charge is 0.481 e. The molecule has 1 aromatic rings. The Labute approximate surface area is 106 Å². The first-order valence-electron chi connectivity index (χ1n) is 4.78. The molecule has 1 atom stereocenters. The molecule has 0 aromatic carbocycles. The van der Waals surface area contributed by atoms with E-state index in [0.717, 1.165) is 16.2 Å². The van der Waals surface area contributed by atoms with Gasteiger partial charge in [0.25, 0.3) is 9.05 Å². The Balaban J connectivity index is 2.38. The molecule has 1 aliphatic heterocycles. The third kappa shape index (κ3) is 2.79. The molecule has 2 heterocycles. The van der Waals surface area contributed by atoms with E-state index in [-0.39, 0.29) is 10.6 Å². The molecule has 1 aromatic heterocycles. The summed E-state index contributed by atoms with van der Waals surface area (Å²) in [6.07, 6.45) is -0.173. The van der Waals surface area contributed by atoms with Crippen LogP contribution < -0.4 is 0 Å². The fourth-order valence-electron chi connectivity index (χ4n) is 1.72. The lowest BCUT2D eigenvalue weighted by atomic mass is 10.0. The third-order valence-corrected chi connectivity index (χ3v) is 5.70. The van der Waals surface area contributed by atoms with Crippen LogP contribution in [0.5, 0.6) is 0 Å². The van der Waals surface area contributed by atoms with Gasteiger partial charge in [0.2, 0.25) is 0 Å². The first kappa shape index (κ1) is 12.8. The zero-order chi connectivity index (χ0) is 12.6. The van der Waals surface area contributed by atoms with Crippen molar-refractivity contribution in [1.29, 1.82) is 0 Å². The van der Waals surface area contributed by atoms with Gasteiger partial charge in [0.15, 0.2) is 0 Å². The van der Waals surface area contributed by atoms with E-state index in [0.29, 0.717) is 18.6 Å². The topological polar surface area (TPSA) is 80.7 Å². The van der Waals surface area contributed by atoms with Crippen LogP contribution in [0, 0.1) is 0 Å². The highest BCUT2D eigenvalue weighted by Gasteiger charge is 2.28. The van der Waals surface area contributed by atoms with Gasteiger partial charge in [-0.3, -0.25) is 4.79 Å². The van der Waals surface area contributed by atoms with Crippen LogP contribution in [0.1, 0.15) is 23.0 Å². The van der Waals surface area contributed by atoms with Crippen molar-refractivity contribution in [2.24, 2.45) is 0 Å². The van der Waals surface area contributed by atoms with Crippen LogP contribution in [0.3, 0.4) is 0 Å². The first-order chi connectivity index (χ1) is 7.88. The van der Waals surface area contributed by atoms with Crippen LogP contribution in [-0.4, -0.2) is 26.1 Å². The Kier molecular flexibility index (Phi) is 3.44. The molecule has 0 spiro atoms. The minimum atomic E-state index is -3.76. The average Bonchev–Trinajstić information content (AvgIpc) is 2.60. The Bertz CT molecular complexity index is 548. The fourth-order valence-corrected chi connectivity index (χ4v) is 4.02. The molecular weight excluding hydrogens is 288 g/mol. The van der Waals surface area contributed by atoms with Crippen molar-refractivity contribution >= 4 is 37.0 Å². The maximum Gasteiger partial charge on any atom is 0.306 e. The Morgan fingerprint density at radius 1 is 1.65 bits per heavy atom. The van der Waals surface area contributed by atoms with Crippen molar-refractivity contribution in [3.63, 3.8) is 0 Å². The van der Waals surface area contributed by atoms with Crippen LogP contribution in [0.25, 0.3) is 0 Å². The average molecular weight is 297 g/mol. The van der Waals surface area contributed by atoms with E-state index in [2.05, 4.69) is 0 Å². The normalized spacial score (nSPS) is 19.9. The van der Waals surface area contributed by atoms with Gasteiger partial charge in [-0.05, 0) is 11.6 Å². The molecule has 0 saturated heterocycles. The number of fused-ring (bicyclic) bond motifs is 1. The molecule has 0 fully saturated rings. The van der Waals surface area contributed by atoms with Crippen LogP contribution in [0.15, 0.2) is 10.3 Å². The predicted molar refractivity (Wildman–Crippen MR) is 62.0 cm³/mol. The molecule has 0 amide bonds. The standard InChI is InChI=1S/C9H9ClO5S2/c10-17(13,14)9-3-5-6(4-8(11)12)15-2-1-7(5)16-9/h3,6H,1-2,4H2,(H,11,12)/t6-/m1/s1. The zero-order valence-corrected chi connectivity index (χ0v) is 10.9. The second-order valence-electron chi connectivity index (χ2n) is 3.59. The van der Waals surface area contributed by atoms with Crippen molar-refractivity contribution in [1.82, 2.24) is 0 Å². The Hall–Kier alpha value is -0.630. The predicted octanol–water partition coefficient (Wildman–Crippen LogP) is 1.76. The van der Waals surface area contributed by atoms with Crippen LogP contribution in [0.4, 0.5) is 0 Å². The number of carbonyl (C=O) groups is 1. The summed E-state index contributed by atoms with van der Waals surface area (Å²) in [5.74, 6) is -0.982. The van der Waals surface area contributed by atoms with E-state index in [4.69, 9.17) is 20.5 Å². The number of halogens is 1. The Morgan fingerprint density at radius 3 is 2.94 bits per heavy atom. The van der Waals surface area contributed by atoms with Gasteiger partial charge in [0, 0.05) is 22.0 Å². The summed E-state index contributed by atoms with van der Waals surface area (Å²) in [6, 6.07) is 1.41. The van der Waals surface area contributed by atoms with Crippen LogP contribution in [0.2, 0.25) is 0 Å². The quantitative estimate of drug-likeness (QED) is 0.860. The number of rotatable bonds is 3. The molecule has 0 saturated carbocycles. The molecule has 8 heteroatoms. The van der Waals surface area contributed by atoms with Gasteiger partial charge in [0.1, 0.15) is 4.21 Å². The summed E-state index contributed by atoms with van der Waals surface area (Å²) >= 11 is 1.08. The van der Waals surface area contributed by atoms with E-state index in [1.165, 1.54) is 6.07 Å². The summed E-state index contributed by atoms with van der Waals surface area (Å²) in [7, 11) is 1.50. The highest BCUT2D eigenvalue weighted by molar-refractivity contribution is 8.15. The fraction of sp³-hybridized carbons (Fsp3) is 0.444. The Morgan fingerprint density at radius 2 is 2.35 bits per heavy atom. The van der Waals surface area contributed by atoms with E-state index in [1.54, 1.807) is 0 Å². The highest BCUT2D eigenvalue weighted by Crippen LogP contribution is 2.38. The summed E-state index contributed by atoms with van der Waals surface area (Å²) in [4.78, 5) is 11.5. The summed E-state index contributed by atoms with van der Waals surface area (Å²) in [5.41, 5.74) is 0.628. The van der Waals surface area contributed by atoms with E-state index < -0.39 is 21.1 Å². The molecule has 17 heavy (non-hydrogen) atoms. The second kappa shape index (κ2) is 4.56. The van der Waals surface area contributed by atoms with Gasteiger partial charge >= 0.3 is 5.97 Å². The number of aliphatic carboxylic acids is 1. The minimum Gasteiger partial charge on any atom is -0.481 e. The second-order valence-corrected chi connectivity index (χ2v) is 7.52. The molecule has 1 N–H and O–H groups in total. The summed E-state index contributed by atoms with van der Waals surface area (Å²) < 4.78 is 27.8. The van der Waals surface area contributed by atoms with Gasteiger partial charge in [-0.15, -0.1) is 11.3 Å². The van der Waals surface area contributed by atoms with Gasteiger partial charge in [-0.25, -0.2) is 8.42 Å². The van der Waals surface area contributed by atoms with Crippen molar-refractivity contribution in [2.45, 2.75) is 23.2 Å². The van der Waals surface area contributed by atoms with Crippen molar-refractivity contribution in [3.8, 4) is 0 Å². The van der Waals surface area contributed by atoms with E-state index in [1.807, 2.05) is 0 Å². The number of carboxylic acid groups (broad SMARTS) is 1. The number of ether oxygens (including phenoxy) is 1. The zero-order valence-electron chi connectivity index (χ0n) is 8.55. The van der Waals surface area contributed by atoms with Crippen LogP contribution >= 0.6 is 22.0 Å². The van der Waals surface area contributed by atoms with Crippen LogP contribution in [-0.2, 0) is 25.0 Å². The molecular formula is C9H9ClO5S2. The number of hydrogen-bond donors (Lipinski definition) is 1. The van der Waals surface area contributed by atoms with E-state index >= 15 is 0 Å². The first-order valence-corrected chi connectivity index (χ1v) is 7.91. The molecule has 1 aliphatic rings. The molecule has 2 rings (SSSR count). The van der Waals surface area contributed by atoms with Gasteiger partial charge in [-0.1, -0.05) is 0 Å². The molecule has 0 radical (unpaired) electrons. The SMILES string of the molecule is O=C(O)C[C@H]1OCCc2sc(S(=O)(=O)Cl)cc21.